The summed E-state index contributed by atoms with van der Waals surface area (Å²) in [4.78, 5) is 26.5. The third-order valence-corrected chi connectivity index (χ3v) is 6.79. The number of hydrogen-bond acceptors (Lipinski definition) is 8. The number of nitrogens with zero attached hydrogens (tertiary/aromatic N) is 7. The number of rotatable bonds is 12. The van der Waals surface area contributed by atoms with Crippen LogP contribution in [-0.2, 0) is 30.8 Å². The number of piperidine rings is 1. The molecule has 3 heterocycles. The lowest BCUT2D eigenvalue weighted by atomic mass is 9.97. The van der Waals surface area contributed by atoms with E-state index in [1.165, 1.54) is 12.1 Å². The Morgan fingerprint density at radius 2 is 1.77 bits per heavy atom. The zero-order valence-corrected chi connectivity index (χ0v) is 25.1. The number of likely N-dealkylation sites (tertiary alicyclic amines) is 1. The first-order valence-electron chi connectivity index (χ1n) is 14.5. The summed E-state index contributed by atoms with van der Waals surface area (Å²) in [5.41, 5.74) is 1.21. The van der Waals surface area contributed by atoms with Crippen molar-refractivity contribution in [1.82, 2.24) is 40.2 Å². The lowest BCUT2D eigenvalue weighted by molar-refractivity contribution is -0.159. The van der Waals surface area contributed by atoms with E-state index in [0.717, 1.165) is 44.3 Å². The lowest BCUT2D eigenvalue weighted by Gasteiger charge is -2.33. The molecule has 4 rings (SSSR count). The largest absolute Gasteiger partial charge is 0.444 e. The van der Waals surface area contributed by atoms with Gasteiger partial charge in [-0.15, -0.1) is 10.2 Å². The smallest absolute Gasteiger partial charge is 0.410 e. The first-order chi connectivity index (χ1) is 20.3. The minimum atomic E-state index is -3.29. The Balaban J connectivity index is 1.13. The fourth-order valence-corrected chi connectivity index (χ4v) is 4.72. The average Bonchev–Trinajstić information content (AvgIpc) is 3.58. The first-order valence-corrected chi connectivity index (χ1v) is 14.5. The Morgan fingerprint density at radius 1 is 1.02 bits per heavy atom. The van der Waals surface area contributed by atoms with Gasteiger partial charge in [-0.2, -0.15) is 8.78 Å². The normalized spacial score (nSPS) is 14.5. The van der Waals surface area contributed by atoms with E-state index in [1.54, 1.807) is 27.9 Å². The fraction of sp³-hybridized carbons (Fsp3) is 0.586. The molecular weight excluding hydrogens is 562 g/mol. The van der Waals surface area contributed by atoms with Crippen LogP contribution in [0.15, 0.2) is 36.7 Å². The molecule has 43 heavy (non-hydrogen) atoms. The molecule has 3 aromatic rings. The van der Waals surface area contributed by atoms with Crippen LogP contribution >= 0.6 is 0 Å². The molecule has 14 heteroatoms. The number of aromatic nitrogens is 6. The van der Waals surface area contributed by atoms with Crippen LogP contribution in [0.1, 0.15) is 75.1 Å². The molecule has 2 aromatic heterocycles. The molecule has 12 nitrogen and oxygen atoms in total. The van der Waals surface area contributed by atoms with Gasteiger partial charge >= 0.3 is 12.2 Å². The third-order valence-electron chi connectivity index (χ3n) is 6.79. The molecule has 1 aliphatic heterocycles. The summed E-state index contributed by atoms with van der Waals surface area (Å²) in [5.74, 6) is 0.0379. The zero-order chi connectivity index (χ0) is 31.0. The van der Waals surface area contributed by atoms with Gasteiger partial charge in [0.15, 0.2) is 5.69 Å². The summed E-state index contributed by atoms with van der Waals surface area (Å²) >= 11 is 0. The number of halogens is 2. The van der Waals surface area contributed by atoms with Crippen molar-refractivity contribution in [1.29, 1.82) is 0 Å². The molecule has 0 bridgehead atoms. The number of amides is 2. The van der Waals surface area contributed by atoms with Gasteiger partial charge in [0.1, 0.15) is 11.4 Å². The van der Waals surface area contributed by atoms with Crippen LogP contribution in [0.3, 0.4) is 0 Å². The molecule has 0 radical (unpaired) electrons. The molecule has 0 spiro atoms. The van der Waals surface area contributed by atoms with Crippen molar-refractivity contribution in [2.45, 2.75) is 91.1 Å². The number of nitrogens with one attached hydrogen (secondary N) is 1. The zero-order valence-electron chi connectivity index (χ0n) is 25.1. The van der Waals surface area contributed by atoms with E-state index in [0.29, 0.717) is 38.0 Å². The molecule has 234 valence electrons. The number of ether oxygens (including phenoxy) is 2. The van der Waals surface area contributed by atoms with Gasteiger partial charge in [0.25, 0.3) is 5.91 Å². The van der Waals surface area contributed by atoms with E-state index in [1.807, 2.05) is 31.6 Å². The average molecular weight is 603 g/mol. The van der Waals surface area contributed by atoms with Crippen LogP contribution in [0.5, 0.6) is 5.75 Å². The summed E-state index contributed by atoms with van der Waals surface area (Å²) in [6, 6.07) is 6.16. The van der Waals surface area contributed by atoms with E-state index in [9.17, 15) is 18.4 Å². The Labute approximate surface area is 249 Å². The molecule has 1 fully saturated rings. The predicted molar refractivity (Wildman–Crippen MR) is 152 cm³/mol. The summed E-state index contributed by atoms with van der Waals surface area (Å²) < 4.78 is 39.7. The number of carbonyl (C=O) groups is 2. The quantitative estimate of drug-likeness (QED) is 0.301. The second kappa shape index (κ2) is 13.9. The Bertz CT molecular complexity index is 1360. The highest BCUT2D eigenvalue weighted by atomic mass is 19.3. The number of alkyl halides is 2. The van der Waals surface area contributed by atoms with Crippen molar-refractivity contribution in [3.8, 4) is 5.75 Å². The van der Waals surface area contributed by atoms with Crippen LogP contribution in [0.25, 0.3) is 0 Å². The second-order valence-electron chi connectivity index (χ2n) is 11.9. The summed E-state index contributed by atoms with van der Waals surface area (Å²) in [7, 11) is 0. The summed E-state index contributed by atoms with van der Waals surface area (Å²) in [6.45, 7) is 9.13. The Hall–Kier alpha value is -4.10. The first kappa shape index (κ1) is 31.8. The highest BCUT2D eigenvalue weighted by Crippen LogP contribution is 2.23. The minimum absolute atomic E-state index is 0.0187. The predicted octanol–water partition coefficient (Wildman–Crippen LogP) is 4.46. The van der Waals surface area contributed by atoms with Crippen molar-refractivity contribution < 1.29 is 27.8 Å². The maximum absolute atomic E-state index is 13.1. The van der Waals surface area contributed by atoms with Crippen LogP contribution in [0.4, 0.5) is 13.6 Å². The lowest BCUT2D eigenvalue weighted by Crippen LogP contribution is -2.42. The second-order valence-corrected chi connectivity index (χ2v) is 11.9. The molecule has 1 saturated heterocycles. The molecule has 1 aromatic carbocycles. The number of benzene rings is 1. The Morgan fingerprint density at radius 3 is 2.49 bits per heavy atom. The fourth-order valence-electron chi connectivity index (χ4n) is 4.72. The molecular formula is C29H40F2N8O4. The van der Waals surface area contributed by atoms with Gasteiger partial charge in [0, 0.05) is 45.8 Å². The number of unbranched alkanes of at least 4 members (excludes halogenated alkanes) is 1. The minimum Gasteiger partial charge on any atom is -0.444 e. The van der Waals surface area contributed by atoms with Crippen molar-refractivity contribution in [2.75, 3.05) is 13.1 Å². The maximum Gasteiger partial charge on any atom is 0.410 e. The van der Waals surface area contributed by atoms with Crippen LogP contribution in [0, 0.1) is 5.92 Å². The van der Waals surface area contributed by atoms with Gasteiger partial charge in [-0.25, -0.2) is 4.79 Å². The van der Waals surface area contributed by atoms with Gasteiger partial charge in [0.05, 0.1) is 11.9 Å². The molecule has 0 aliphatic carbocycles. The molecule has 1 N–H and O–H groups in total. The SMILES string of the molecule is CC(C)(C)OC(=O)N1CCC(Cn2cc(CCCCn3cc(C(=O)NCc4cccc(OC(C)(F)F)c4)nn3)nn2)CC1. The number of aryl methyl sites for hydroxylation is 2. The van der Waals surface area contributed by atoms with Crippen LogP contribution in [-0.4, -0.2) is 71.7 Å². The highest BCUT2D eigenvalue weighted by Gasteiger charge is 2.27. The monoisotopic (exact) mass is 602 g/mol. The van der Waals surface area contributed by atoms with Gasteiger partial charge in [-0.3, -0.25) is 14.2 Å². The summed E-state index contributed by atoms with van der Waals surface area (Å²) in [6.07, 6.45) is 4.26. The summed E-state index contributed by atoms with van der Waals surface area (Å²) in [5, 5.41) is 19.3. The number of hydrogen-bond donors (Lipinski definition) is 1. The van der Waals surface area contributed by atoms with Crippen molar-refractivity contribution >= 4 is 12.0 Å². The van der Waals surface area contributed by atoms with Gasteiger partial charge in [0.2, 0.25) is 0 Å². The standard InChI is InChI=1S/C29H40F2N8O4/c1-28(2,3)43-27(41)37-14-11-21(12-15-37)18-39-19-23(33-35-39)9-5-6-13-38-20-25(34-36-38)26(40)32-17-22-8-7-10-24(16-22)42-29(4,30)31/h7-8,10,16,19-21H,5-6,9,11-15,17-18H2,1-4H3,(H,32,40). The van der Waals surface area contributed by atoms with E-state index in [-0.39, 0.29) is 24.1 Å². The van der Waals surface area contributed by atoms with Gasteiger partial charge < -0.3 is 19.7 Å². The van der Waals surface area contributed by atoms with Crippen LogP contribution in [0.2, 0.25) is 0 Å². The third kappa shape index (κ3) is 10.6. The van der Waals surface area contributed by atoms with E-state index >= 15 is 0 Å². The van der Waals surface area contributed by atoms with Gasteiger partial charge in [-0.05, 0) is 76.5 Å². The van der Waals surface area contributed by atoms with E-state index in [2.05, 4.69) is 30.7 Å². The van der Waals surface area contributed by atoms with Crippen molar-refractivity contribution in [3.05, 3.63) is 53.6 Å². The van der Waals surface area contributed by atoms with E-state index < -0.39 is 17.6 Å². The maximum atomic E-state index is 13.1. The van der Waals surface area contributed by atoms with Crippen molar-refractivity contribution in [2.24, 2.45) is 5.92 Å². The molecule has 1 aliphatic rings. The molecule has 2 amide bonds. The van der Waals surface area contributed by atoms with Gasteiger partial charge in [-0.1, -0.05) is 22.6 Å². The highest BCUT2D eigenvalue weighted by molar-refractivity contribution is 5.91. The topological polar surface area (TPSA) is 129 Å². The number of carbonyl (C=O) groups excluding carboxylic acids is 2. The van der Waals surface area contributed by atoms with Crippen LogP contribution < -0.4 is 10.1 Å². The van der Waals surface area contributed by atoms with E-state index in [4.69, 9.17) is 4.74 Å². The molecule has 0 unspecified atom stereocenters. The van der Waals surface area contributed by atoms with Crippen molar-refractivity contribution in [3.63, 3.8) is 0 Å². The molecule has 0 saturated carbocycles. The Kier molecular flexibility index (Phi) is 10.3. The molecule has 0 atom stereocenters.